The molecule has 0 saturated carbocycles. The van der Waals surface area contributed by atoms with Gasteiger partial charge in [-0.1, -0.05) is 19.9 Å². The molecule has 0 bridgehead atoms. The lowest BCUT2D eigenvalue weighted by atomic mass is 10.0. The Hall–Kier alpha value is -2.13. The van der Waals surface area contributed by atoms with E-state index < -0.39 is 6.61 Å². The molecular weight excluding hydrogens is 394 g/mol. The topological polar surface area (TPSA) is 67.4 Å². The van der Waals surface area contributed by atoms with Crippen LogP contribution in [0.2, 0.25) is 0 Å². The third-order valence-electron chi connectivity index (χ3n) is 5.14. The van der Waals surface area contributed by atoms with Crippen molar-refractivity contribution in [1.29, 1.82) is 0 Å². The molecule has 1 aliphatic rings. The van der Waals surface area contributed by atoms with Gasteiger partial charge >= 0.3 is 6.61 Å². The number of alkyl halides is 2. The molecule has 0 aliphatic carbocycles. The summed E-state index contributed by atoms with van der Waals surface area (Å²) < 4.78 is 40.2. The Labute approximate surface area is 177 Å². The maximum Gasteiger partial charge on any atom is 0.387 e. The van der Waals surface area contributed by atoms with Crippen molar-refractivity contribution < 1.29 is 23.0 Å². The smallest absolute Gasteiger partial charge is 0.387 e. The van der Waals surface area contributed by atoms with E-state index in [2.05, 4.69) is 39.1 Å². The Kier molecular flexibility index (Phi) is 10.1. The molecule has 1 saturated heterocycles. The van der Waals surface area contributed by atoms with Crippen LogP contribution in [0.25, 0.3) is 0 Å². The summed E-state index contributed by atoms with van der Waals surface area (Å²) in [4.78, 5) is 6.74. The summed E-state index contributed by atoms with van der Waals surface area (Å²) in [5.41, 5.74) is 0.864. The van der Waals surface area contributed by atoms with Crippen LogP contribution >= 0.6 is 0 Å². The van der Waals surface area contributed by atoms with Gasteiger partial charge < -0.3 is 24.8 Å². The van der Waals surface area contributed by atoms with Crippen molar-refractivity contribution in [2.24, 2.45) is 10.9 Å². The van der Waals surface area contributed by atoms with Gasteiger partial charge in [0.2, 0.25) is 0 Å². The summed E-state index contributed by atoms with van der Waals surface area (Å²) in [7, 11) is 3.16. The van der Waals surface area contributed by atoms with Crippen molar-refractivity contribution in [2.45, 2.75) is 32.9 Å². The molecule has 1 atom stereocenters. The van der Waals surface area contributed by atoms with Crippen LogP contribution < -0.4 is 20.1 Å². The van der Waals surface area contributed by atoms with Crippen molar-refractivity contribution >= 4 is 5.96 Å². The first kappa shape index (κ1) is 24.1. The lowest BCUT2D eigenvalue weighted by molar-refractivity contribution is -0.0512. The van der Waals surface area contributed by atoms with Gasteiger partial charge in [0, 0.05) is 39.3 Å². The van der Waals surface area contributed by atoms with E-state index in [9.17, 15) is 8.78 Å². The molecule has 30 heavy (non-hydrogen) atoms. The molecule has 1 fully saturated rings. The first-order valence-corrected chi connectivity index (χ1v) is 10.3. The van der Waals surface area contributed by atoms with Gasteiger partial charge in [-0.25, -0.2) is 0 Å². The van der Waals surface area contributed by atoms with Gasteiger partial charge in [0.05, 0.1) is 20.3 Å². The summed E-state index contributed by atoms with van der Waals surface area (Å²) in [6.45, 7) is 6.37. The number of rotatable bonds is 10. The maximum absolute atomic E-state index is 12.6. The first-order valence-electron chi connectivity index (χ1n) is 10.3. The standard InChI is InChI=1S/C21H34F2N4O3/c1-15(2)17(27-9-11-29-12-10-27)14-26-21(24-3)25-8-7-16-5-6-18(28-4)19(13-16)30-20(22)23/h5-6,13,15,17,20H,7-12,14H2,1-4H3,(H2,24,25,26). The van der Waals surface area contributed by atoms with E-state index in [1.54, 1.807) is 19.2 Å². The lowest BCUT2D eigenvalue weighted by Gasteiger charge is -2.37. The number of benzene rings is 1. The highest BCUT2D eigenvalue weighted by molar-refractivity contribution is 5.79. The van der Waals surface area contributed by atoms with E-state index in [-0.39, 0.29) is 11.5 Å². The van der Waals surface area contributed by atoms with Crippen LogP contribution in [-0.2, 0) is 11.2 Å². The van der Waals surface area contributed by atoms with Crippen LogP contribution in [0, 0.1) is 5.92 Å². The minimum Gasteiger partial charge on any atom is -0.493 e. The Bertz CT molecular complexity index is 668. The van der Waals surface area contributed by atoms with Crippen LogP contribution in [0.1, 0.15) is 19.4 Å². The van der Waals surface area contributed by atoms with E-state index in [1.807, 2.05) is 6.07 Å². The van der Waals surface area contributed by atoms with E-state index in [0.29, 0.717) is 30.9 Å². The summed E-state index contributed by atoms with van der Waals surface area (Å²) in [6, 6.07) is 5.44. The molecule has 1 unspecified atom stereocenters. The number of halogens is 2. The monoisotopic (exact) mass is 428 g/mol. The molecule has 0 radical (unpaired) electrons. The summed E-state index contributed by atoms with van der Waals surface area (Å²) in [6.07, 6.45) is 0.626. The Morgan fingerprint density at radius 1 is 1.20 bits per heavy atom. The van der Waals surface area contributed by atoms with Crippen molar-refractivity contribution in [3.63, 3.8) is 0 Å². The van der Waals surface area contributed by atoms with Gasteiger partial charge in [0.25, 0.3) is 0 Å². The third-order valence-corrected chi connectivity index (χ3v) is 5.14. The first-order chi connectivity index (χ1) is 14.4. The summed E-state index contributed by atoms with van der Waals surface area (Å²) in [5, 5.41) is 6.68. The Morgan fingerprint density at radius 2 is 1.93 bits per heavy atom. The zero-order chi connectivity index (χ0) is 21.9. The van der Waals surface area contributed by atoms with E-state index in [0.717, 1.165) is 38.4 Å². The average molecular weight is 429 g/mol. The highest BCUT2D eigenvalue weighted by Gasteiger charge is 2.23. The van der Waals surface area contributed by atoms with Gasteiger partial charge in [-0.15, -0.1) is 0 Å². The van der Waals surface area contributed by atoms with E-state index in [4.69, 9.17) is 9.47 Å². The van der Waals surface area contributed by atoms with Crippen LogP contribution in [-0.4, -0.2) is 77.1 Å². The predicted molar refractivity (Wildman–Crippen MR) is 114 cm³/mol. The normalized spacial score (nSPS) is 16.6. The molecule has 170 valence electrons. The highest BCUT2D eigenvalue weighted by atomic mass is 19.3. The maximum atomic E-state index is 12.6. The Balaban J connectivity index is 1.85. The molecule has 1 aromatic carbocycles. The molecule has 7 nitrogen and oxygen atoms in total. The van der Waals surface area contributed by atoms with Crippen molar-refractivity contribution in [3.8, 4) is 11.5 Å². The number of aliphatic imine (C=N–C) groups is 1. The molecule has 0 spiro atoms. The van der Waals surface area contributed by atoms with Crippen molar-refractivity contribution in [2.75, 3.05) is 53.6 Å². The second-order valence-electron chi connectivity index (χ2n) is 7.45. The Morgan fingerprint density at radius 3 is 2.53 bits per heavy atom. The van der Waals surface area contributed by atoms with Gasteiger partial charge in [0.15, 0.2) is 17.5 Å². The van der Waals surface area contributed by atoms with Crippen LogP contribution in [0.15, 0.2) is 23.2 Å². The molecular formula is C21H34F2N4O3. The molecule has 1 aromatic rings. The fraction of sp³-hybridized carbons (Fsp3) is 0.667. The minimum atomic E-state index is -2.89. The number of hydrogen-bond acceptors (Lipinski definition) is 5. The number of nitrogens with zero attached hydrogens (tertiary/aromatic N) is 2. The SMILES string of the molecule is CN=C(NCCc1ccc(OC)c(OC(F)F)c1)NCC(C(C)C)N1CCOCC1. The molecule has 2 N–H and O–H groups in total. The highest BCUT2D eigenvalue weighted by Crippen LogP contribution is 2.29. The van der Waals surface area contributed by atoms with Gasteiger partial charge in [-0.2, -0.15) is 8.78 Å². The molecule has 1 heterocycles. The van der Waals surface area contributed by atoms with Crippen LogP contribution in [0.4, 0.5) is 8.78 Å². The van der Waals surface area contributed by atoms with Crippen LogP contribution in [0.3, 0.4) is 0 Å². The fourth-order valence-corrected chi connectivity index (χ4v) is 3.51. The quantitative estimate of drug-likeness (QED) is 0.441. The number of guanidine groups is 1. The lowest BCUT2D eigenvalue weighted by Crippen LogP contribution is -2.52. The number of nitrogens with one attached hydrogen (secondary N) is 2. The summed E-state index contributed by atoms with van der Waals surface area (Å²) in [5.74, 6) is 1.54. The number of methoxy groups -OCH3 is 1. The fourth-order valence-electron chi connectivity index (χ4n) is 3.51. The third kappa shape index (κ3) is 7.60. The van der Waals surface area contributed by atoms with E-state index in [1.165, 1.54) is 7.11 Å². The summed E-state index contributed by atoms with van der Waals surface area (Å²) >= 11 is 0. The predicted octanol–water partition coefficient (Wildman–Crippen LogP) is 2.36. The molecule has 0 aromatic heterocycles. The second-order valence-corrected chi connectivity index (χ2v) is 7.45. The van der Waals surface area contributed by atoms with E-state index >= 15 is 0 Å². The largest absolute Gasteiger partial charge is 0.493 e. The molecule has 9 heteroatoms. The molecule has 2 rings (SSSR count). The number of ether oxygens (including phenoxy) is 3. The zero-order valence-corrected chi connectivity index (χ0v) is 18.3. The van der Waals surface area contributed by atoms with Gasteiger partial charge in [0.1, 0.15) is 0 Å². The van der Waals surface area contributed by atoms with Crippen LogP contribution in [0.5, 0.6) is 11.5 Å². The second kappa shape index (κ2) is 12.5. The number of hydrogen-bond donors (Lipinski definition) is 2. The van der Waals surface area contributed by atoms with Crippen molar-refractivity contribution in [3.05, 3.63) is 23.8 Å². The average Bonchev–Trinajstić information content (AvgIpc) is 2.73. The molecule has 1 aliphatic heterocycles. The van der Waals surface area contributed by atoms with Gasteiger partial charge in [-0.3, -0.25) is 9.89 Å². The number of morpholine rings is 1. The van der Waals surface area contributed by atoms with Gasteiger partial charge in [-0.05, 0) is 30.0 Å². The molecule has 0 amide bonds. The zero-order valence-electron chi connectivity index (χ0n) is 18.3. The minimum absolute atomic E-state index is 0.0396. The van der Waals surface area contributed by atoms with Crippen molar-refractivity contribution in [1.82, 2.24) is 15.5 Å².